The van der Waals surface area contributed by atoms with Crippen molar-refractivity contribution in [3.8, 4) is 11.3 Å². The Morgan fingerprint density at radius 2 is 1.81 bits per heavy atom. The van der Waals surface area contributed by atoms with Gasteiger partial charge in [-0.3, -0.25) is 4.98 Å². The minimum atomic E-state index is -3.73. The molecule has 1 aromatic carbocycles. The molecule has 3 heterocycles. The number of fused-ring (bicyclic) bond motifs is 1. The first-order valence-electron chi connectivity index (χ1n) is 8.20. The highest BCUT2D eigenvalue weighted by Crippen LogP contribution is 2.30. The van der Waals surface area contributed by atoms with Crippen LogP contribution in [0.4, 0.5) is 0 Å². The van der Waals surface area contributed by atoms with Gasteiger partial charge in [0.2, 0.25) is 9.84 Å². The zero-order valence-corrected chi connectivity index (χ0v) is 14.9. The molecule has 0 amide bonds. The lowest BCUT2D eigenvalue weighted by atomic mass is 10.2. The molecular weight excluding hydrogens is 348 g/mol. The Bertz CT molecular complexity index is 1170. The molecule has 0 unspecified atom stereocenters. The van der Waals surface area contributed by atoms with Gasteiger partial charge >= 0.3 is 0 Å². The molecule has 0 aliphatic carbocycles. The van der Waals surface area contributed by atoms with E-state index in [9.17, 15) is 8.42 Å². The van der Waals surface area contributed by atoms with Crippen LogP contribution in [-0.2, 0) is 16.3 Å². The fourth-order valence-corrected chi connectivity index (χ4v) is 4.55. The molecule has 0 saturated carbocycles. The number of pyridine rings is 1. The molecule has 4 aromatic rings. The number of hydrogen-bond donors (Lipinski definition) is 0. The zero-order chi connectivity index (χ0) is 18.1. The third-order valence-electron chi connectivity index (χ3n) is 4.16. The molecule has 0 aliphatic rings. The second-order valence-corrected chi connectivity index (χ2v) is 7.64. The number of aromatic nitrogens is 4. The van der Waals surface area contributed by atoms with E-state index in [1.54, 1.807) is 59.5 Å². The normalized spacial score (nSPS) is 11.7. The molecule has 3 aromatic heterocycles. The Labute approximate surface area is 151 Å². The Kier molecular flexibility index (Phi) is 4.00. The van der Waals surface area contributed by atoms with Gasteiger partial charge in [-0.15, -0.1) is 0 Å². The molecule has 0 atom stereocenters. The van der Waals surface area contributed by atoms with Gasteiger partial charge in [0.05, 0.1) is 16.3 Å². The summed E-state index contributed by atoms with van der Waals surface area (Å²) in [6, 6.07) is 13.9. The van der Waals surface area contributed by atoms with Crippen molar-refractivity contribution in [2.45, 2.75) is 23.1 Å². The Hall–Kier alpha value is -3.06. The average Bonchev–Trinajstić information content (AvgIpc) is 3.09. The van der Waals surface area contributed by atoms with Gasteiger partial charge < -0.3 is 0 Å². The summed E-state index contributed by atoms with van der Waals surface area (Å²) in [4.78, 5) is 8.86. The largest absolute Gasteiger partial charge is 0.264 e. The predicted octanol–water partition coefficient (Wildman–Crippen LogP) is 3.19. The molecule has 0 aliphatic heterocycles. The van der Waals surface area contributed by atoms with Crippen molar-refractivity contribution >= 4 is 15.5 Å². The predicted molar refractivity (Wildman–Crippen MR) is 97.5 cm³/mol. The van der Waals surface area contributed by atoms with Crippen LogP contribution in [0.3, 0.4) is 0 Å². The van der Waals surface area contributed by atoms with E-state index in [-0.39, 0.29) is 9.79 Å². The minimum absolute atomic E-state index is 0.164. The highest BCUT2D eigenvalue weighted by molar-refractivity contribution is 7.91. The van der Waals surface area contributed by atoms with Gasteiger partial charge in [-0.1, -0.05) is 25.1 Å². The fraction of sp³-hybridized carbons (Fsp3) is 0.105. The summed E-state index contributed by atoms with van der Waals surface area (Å²) < 4.78 is 28.1. The number of nitrogens with zero attached hydrogens (tertiary/aromatic N) is 4. The number of hydrogen-bond acceptors (Lipinski definition) is 5. The molecule has 0 spiro atoms. The van der Waals surface area contributed by atoms with Crippen molar-refractivity contribution in [2.24, 2.45) is 0 Å². The van der Waals surface area contributed by atoms with Gasteiger partial charge in [-0.05, 0) is 36.8 Å². The SMILES string of the molecule is CCc1nn2c(-c3cccnc3)ccnc2c1S(=O)(=O)c1ccccc1. The fourth-order valence-electron chi connectivity index (χ4n) is 2.93. The monoisotopic (exact) mass is 364 g/mol. The van der Waals surface area contributed by atoms with E-state index in [1.807, 2.05) is 19.1 Å². The summed E-state index contributed by atoms with van der Waals surface area (Å²) >= 11 is 0. The molecule has 0 bridgehead atoms. The van der Waals surface area contributed by atoms with Crippen LogP contribution in [0.1, 0.15) is 12.6 Å². The van der Waals surface area contributed by atoms with Crippen LogP contribution in [0.15, 0.2) is 76.9 Å². The molecule has 7 heteroatoms. The maximum absolute atomic E-state index is 13.2. The molecule has 0 saturated heterocycles. The third-order valence-corrected chi connectivity index (χ3v) is 6.01. The number of benzene rings is 1. The van der Waals surface area contributed by atoms with E-state index < -0.39 is 9.84 Å². The first kappa shape index (κ1) is 16.4. The first-order chi connectivity index (χ1) is 12.6. The van der Waals surface area contributed by atoms with Crippen molar-refractivity contribution in [2.75, 3.05) is 0 Å². The lowest BCUT2D eigenvalue weighted by Gasteiger charge is -2.05. The molecule has 0 fully saturated rings. The van der Waals surface area contributed by atoms with E-state index in [4.69, 9.17) is 0 Å². The summed E-state index contributed by atoms with van der Waals surface area (Å²) in [6.07, 6.45) is 5.49. The van der Waals surface area contributed by atoms with Crippen LogP contribution in [0.5, 0.6) is 0 Å². The number of sulfone groups is 1. The highest BCUT2D eigenvalue weighted by atomic mass is 32.2. The van der Waals surface area contributed by atoms with Crippen molar-refractivity contribution in [1.82, 2.24) is 19.6 Å². The molecule has 6 nitrogen and oxygen atoms in total. The lowest BCUT2D eigenvalue weighted by Crippen LogP contribution is -2.05. The van der Waals surface area contributed by atoms with E-state index in [0.29, 0.717) is 17.8 Å². The van der Waals surface area contributed by atoms with Crippen LogP contribution in [0, 0.1) is 0 Å². The standard InChI is InChI=1S/C19H16N4O2S/c1-2-16-18(26(24,25)15-8-4-3-5-9-15)19-21-12-10-17(23(19)22-16)14-7-6-11-20-13-14/h3-13H,2H2,1H3. The smallest absolute Gasteiger partial charge is 0.212 e. The van der Waals surface area contributed by atoms with Crippen molar-refractivity contribution < 1.29 is 8.42 Å². The molecular formula is C19H16N4O2S. The summed E-state index contributed by atoms with van der Waals surface area (Å²) in [5, 5.41) is 4.55. The third kappa shape index (κ3) is 2.57. The topological polar surface area (TPSA) is 77.2 Å². The Balaban J connectivity index is 2.03. The van der Waals surface area contributed by atoms with Gasteiger partial charge in [0, 0.05) is 24.2 Å². The summed E-state index contributed by atoms with van der Waals surface area (Å²) in [5.41, 5.74) is 2.41. The molecule has 4 rings (SSSR count). The van der Waals surface area contributed by atoms with Crippen molar-refractivity contribution in [1.29, 1.82) is 0 Å². The summed E-state index contributed by atoms with van der Waals surface area (Å²) in [6.45, 7) is 1.88. The summed E-state index contributed by atoms with van der Waals surface area (Å²) in [7, 11) is -3.73. The van der Waals surface area contributed by atoms with E-state index in [0.717, 1.165) is 11.3 Å². The van der Waals surface area contributed by atoms with E-state index in [2.05, 4.69) is 15.1 Å². The number of aryl methyl sites for hydroxylation is 1. The molecule has 26 heavy (non-hydrogen) atoms. The number of rotatable bonds is 4. The van der Waals surface area contributed by atoms with E-state index >= 15 is 0 Å². The van der Waals surface area contributed by atoms with Crippen LogP contribution < -0.4 is 0 Å². The van der Waals surface area contributed by atoms with Gasteiger partial charge in [0.25, 0.3) is 0 Å². The van der Waals surface area contributed by atoms with Gasteiger partial charge in [0.1, 0.15) is 4.90 Å². The van der Waals surface area contributed by atoms with Gasteiger partial charge in [-0.25, -0.2) is 17.9 Å². The maximum atomic E-state index is 13.2. The van der Waals surface area contributed by atoms with Crippen molar-refractivity contribution in [3.05, 3.63) is 72.8 Å². The van der Waals surface area contributed by atoms with Gasteiger partial charge in [-0.2, -0.15) is 5.10 Å². The lowest BCUT2D eigenvalue weighted by molar-refractivity contribution is 0.595. The second kappa shape index (κ2) is 6.34. The second-order valence-electron chi connectivity index (χ2n) is 5.75. The van der Waals surface area contributed by atoms with Crippen molar-refractivity contribution in [3.63, 3.8) is 0 Å². The van der Waals surface area contributed by atoms with E-state index in [1.165, 1.54) is 0 Å². The van der Waals surface area contributed by atoms with Crippen LogP contribution >= 0.6 is 0 Å². The highest BCUT2D eigenvalue weighted by Gasteiger charge is 2.28. The quantitative estimate of drug-likeness (QED) is 0.556. The Morgan fingerprint density at radius 3 is 2.50 bits per heavy atom. The van der Waals surface area contributed by atoms with Crippen LogP contribution in [-0.4, -0.2) is 28.0 Å². The first-order valence-corrected chi connectivity index (χ1v) is 9.68. The Morgan fingerprint density at radius 1 is 1.00 bits per heavy atom. The molecule has 130 valence electrons. The summed E-state index contributed by atoms with van der Waals surface area (Å²) in [5.74, 6) is 0. The van der Waals surface area contributed by atoms with Crippen LogP contribution in [0.2, 0.25) is 0 Å². The molecule has 0 radical (unpaired) electrons. The molecule has 0 N–H and O–H groups in total. The van der Waals surface area contributed by atoms with Gasteiger partial charge in [0.15, 0.2) is 5.65 Å². The maximum Gasteiger partial charge on any atom is 0.212 e. The minimum Gasteiger partial charge on any atom is -0.264 e. The van der Waals surface area contributed by atoms with Crippen LogP contribution in [0.25, 0.3) is 16.9 Å². The average molecular weight is 364 g/mol. The zero-order valence-electron chi connectivity index (χ0n) is 14.1.